The van der Waals surface area contributed by atoms with E-state index in [4.69, 9.17) is 0 Å². The van der Waals surface area contributed by atoms with Crippen LogP contribution in [0, 0.1) is 35.5 Å². The average molecular weight is 435 g/mol. The van der Waals surface area contributed by atoms with E-state index in [-0.39, 0.29) is 40.2 Å². The van der Waals surface area contributed by atoms with E-state index in [1.54, 1.807) is 12.1 Å². The SMILES string of the molecule is Cc1cc(O)cc(C(=O)[C@H]2[C@H](C)[C@H](NCc3ccccn3)C[C@H]3C(C)(C)CCC[C@]23C)c1. The van der Waals surface area contributed by atoms with Gasteiger partial charge in [0, 0.05) is 30.3 Å². The van der Waals surface area contributed by atoms with E-state index < -0.39 is 0 Å². The lowest BCUT2D eigenvalue weighted by Gasteiger charge is -2.60. The highest BCUT2D eigenvalue weighted by atomic mass is 16.3. The number of fused-ring (bicyclic) bond motifs is 1. The molecular weight excluding hydrogens is 396 g/mol. The zero-order valence-electron chi connectivity index (χ0n) is 20.2. The number of nitrogens with zero attached hydrogens (tertiary/aromatic N) is 1. The number of Topliss-reactive ketones (excluding diaryl/α,β-unsaturated/α-hetero) is 1. The van der Waals surface area contributed by atoms with Crippen molar-refractivity contribution in [1.29, 1.82) is 0 Å². The fourth-order valence-electron chi connectivity index (χ4n) is 7.06. The van der Waals surface area contributed by atoms with Crippen LogP contribution in [0.4, 0.5) is 0 Å². The summed E-state index contributed by atoms with van der Waals surface area (Å²) in [5.41, 5.74) is 2.76. The molecule has 4 heteroatoms. The van der Waals surface area contributed by atoms with Gasteiger partial charge in [0.2, 0.25) is 0 Å². The Morgan fingerprint density at radius 3 is 2.66 bits per heavy atom. The third-order valence-corrected chi connectivity index (χ3v) is 8.54. The molecule has 0 unspecified atom stereocenters. The van der Waals surface area contributed by atoms with Crippen LogP contribution in [0.25, 0.3) is 0 Å². The molecule has 0 bridgehead atoms. The van der Waals surface area contributed by atoms with Gasteiger partial charge in [-0.15, -0.1) is 0 Å². The summed E-state index contributed by atoms with van der Waals surface area (Å²) >= 11 is 0. The highest BCUT2D eigenvalue weighted by Crippen LogP contribution is 2.61. The van der Waals surface area contributed by atoms with Crippen molar-refractivity contribution >= 4 is 5.78 Å². The minimum atomic E-state index is -0.0803. The molecule has 1 aromatic heterocycles. The minimum Gasteiger partial charge on any atom is -0.508 e. The summed E-state index contributed by atoms with van der Waals surface area (Å²) < 4.78 is 0. The number of carbonyl (C=O) groups excluding carboxylic acids is 1. The lowest BCUT2D eigenvalue weighted by Crippen LogP contribution is -2.60. The summed E-state index contributed by atoms with van der Waals surface area (Å²) in [6.07, 6.45) is 6.38. The van der Waals surface area contributed by atoms with E-state index in [1.165, 1.54) is 12.8 Å². The molecule has 1 heterocycles. The van der Waals surface area contributed by atoms with Crippen LogP contribution in [0.3, 0.4) is 0 Å². The minimum absolute atomic E-state index is 0.0409. The quantitative estimate of drug-likeness (QED) is 0.573. The lowest BCUT2D eigenvalue weighted by molar-refractivity contribution is -0.0917. The average Bonchev–Trinajstić information content (AvgIpc) is 2.72. The molecule has 4 rings (SSSR count). The van der Waals surface area contributed by atoms with Gasteiger partial charge in [-0.05, 0) is 84.7 Å². The fraction of sp³-hybridized carbons (Fsp3) is 0.571. The Morgan fingerprint density at radius 2 is 1.97 bits per heavy atom. The first-order valence-corrected chi connectivity index (χ1v) is 12.1. The maximum Gasteiger partial charge on any atom is 0.166 e. The second-order valence-electron chi connectivity index (χ2n) is 11.2. The molecule has 2 saturated carbocycles. The molecule has 2 aromatic rings. The maximum absolute atomic E-state index is 14.1. The number of aryl methyl sites for hydroxylation is 1. The van der Waals surface area contributed by atoms with E-state index in [1.807, 2.05) is 37.4 Å². The molecule has 2 aliphatic carbocycles. The van der Waals surface area contributed by atoms with E-state index in [0.29, 0.717) is 18.0 Å². The number of nitrogens with one attached hydrogen (secondary N) is 1. The number of phenolic OH excluding ortho intramolecular Hbond substituents is 1. The Bertz CT molecular complexity index is 950. The van der Waals surface area contributed by atoms with Crippen molar-refractivity contribution in [3.63, 3.8) is 0 Å². The van der Waals surface area contributed by atoms with Gasteiger partial charge in [-0.25, -0.2) is 0 Å². The third-order valence-electron chi connectivity index (χ3n) is 8.54. The van der Waals surface area contributed by atoms with Crippen molar-refractivity contribution in [3.05, 3.63) is 59.4 Å². The first-order valence-electron chi connectivity index (χ1n) is 12.1. The van der Waals surface area contributed by atoms with Gasteiger partial charge in [0.1, 0.15) is 5.75 Å². The van der Waals surface area contributed by atoms with Crippen LogP contribution in [-0.4, -0.2) is 21.9 Å². The summed E-state index contributed by atoms with van der Waals surface area (Å²) in [7, 11) is 0. The zero-order chi connectivity index (χ0) is 23.1. The molecule has 0 saturated heterocycles. The Hall–Kier alpha value is -2.20. The van der Waals surface area contributed by atoms with Gasteiger partial charge in [-0.1, -0.05) is 40.2 Å². The largest absolute Gasteiger partial charge is 0.508 e. The van der Waals surface area contributed by atoms with Gasteiger partial charge in [-0.2, -0.15) is 0 Å². The molecule has 2 N–H and O–H groups in total. The Kier molecular flexibility index (Phi) is 6.19. The van der Waals surface area contributed by atoms with Gasteiger partial charge < -0.3 is 10.4 Å². The van der Waals surface area contributed by atoms with Crippen LogP contribution >= 0.6 is 0 Å². The number of carbonyl (C=O) groups is 1. The van der Waals surface area contributed by atoms with Crippen LogP contribution in [0.2, 0.25) is 0 Å². The topological polar surface area (TPSA) is 62.2 Å². The molecule has 0 spiro atoms. The molecule has 5 atom stereocenters. The smallest absolute Gasteiger partial charge is 0.166 e. The molecule has 0 amide bonds. The van der Waals surface area contributed by atoms with Gasteiger partial charge in [0.25, 0.3) is 0 Å². The van der Waals surface area contributed by atoms with Crippen LogP contribution in [0.1, 0.15) is 75.0 Å². The fourth-order valence-corrected chi connectivity index (χ4v) is 7.06. The predicted octanol–water partition coefficient (Wildman–Crippen LogP) is 5.93. The number of rotatable bonds is 5. The number of hydrogen-bond acceptors (Lipinski definition) is 4. The second kappa shape index (κ2) is 8.62. The van der Waals surface area contributed by atoms with Crippen molar-refractivity contribution in [1.82, 2.24) is 10.3 Å². The van der Waals surface area contributed by atoms with E-state index >= 15 is 0 Å². The van der Waals surface area contributed by atoms with Gasteiger partial charge in [0.05, 0.1) is 5.69 Å². The Balaban J connectivity index is 1.69. The standard InChI is InChI=1S/C28H38N2O2/c1-18-13-20(15-22(31)14-18)26(32)25-19(2)23(30-17-21-9-6-7-12-29-21)16-24-27(3,4)10-8-11-28(24,25)5/h6-7,9,12-15,19,23-25,30-31H,8,10-11,16-17H2,1-5H3/t19-,23-,24+,25-,28+/m1/s1. The summed E-state index contributed by atoms with van der Waals surface area (Å²) in [4.78, 5) is 18.5. The molecule has 32 heavy (non-hydrogen) atoms. The van der Waals surface area contributed by atoms with E-state index in [2.05, 4.69) is 38.0 Å². The number of hydrogen-bond donors (Lipinski definition) is 2. The monoisotopic (exact) mass is 434 g/mol. The maximum atomic E-state index is 14.1. The van der Waals surface area contributed by atoms with Crippen LogP contribution in [0.15, 0.2) is 42.6 Å². The van der Waals surface area contributed by atoms with Crippen molar-refractivity contribution < 1.29 is 9.90 Å². The van der Waals surface area contributed by atoms with Crippen molar-refractivity contribution in [3.8, 4) is 5.75 Å². The van der Waals surface area contributed by atoms with Crippen LogP contribution in [-0.2, 0) is 6.54 Å². The summed E-state index contributed by atoms with van der Waals surface area (Å²) in [6, 6.07) is 11.6. The summed E-state index contributed by atoms with van der Waals surface area (Å²) in [6.45, 7) is 12.0. The Labute approximate surface area is 192 Å². The molecule has 0 aliphatic heterocycles. The zero-order valence-corrected chi connectivity index (χ0v) is 20.2. The van der Waals surface area contributed by atoms with E-state index in [9.17, 15) is 9.90 Å². The number of benzene rings is 1. The second-order valence-corrected chi connectivity index (χ2v) is 11.2. The summed E-state index contributed by atoms with van der Waals surface area (Å²) in [5, 5.41) is 13.9. The molecule has 4 nitrogen and oxygen atoms in total. The van der Waals surface area contributed by atoms with Crippen LogP contribution in [0.5, 0.6) is 5.75 Å². The van der Waals surface area contributed by atoms with Crippen molar-refractivity contribution in [2.45, 2.75) is 72.9 Å². The van der Waals surface area contributed by atoms with Gasteiger partial charge >= 0.3 is 0 Å². The van der Waals surface area contributed by atoms with Crippen LogP contribution < -0.4 is 5.32 Å². The number of aromatic nitrogens is 1. The number of aromatic hydroxyl groups is 1. The highest BCUT2D eigenvalue weighted by molar-refractivity contribution is 5.99. The molecule has 2 fully saturated rings. The normalized spacial score (nSPS) is 31.7. The molecular formula is C28H38N2O2. The first-order chi connectivity index (χ1) is 15.1. The summed E-state index contributed by atoms with van der Waals surface area (Å²) in [5.74, 6) is 0.944. The molecule has 0 radical (unpaired) electrons. The predicted molar refractivity (Wildman–Crippen MR) is 129 cm³/mol. The van der Waals surface area contributed by atoms with E-state index in [0.717, 1.165) is 24.1 Å². The first kappa shape index (κ1) is 23.0. The molecule has 1 aromatic carbocycles. The van der Waals surface area contributed by atoms with Crippen molar-refractivity contribution in [2.24, 2.45) is 28.6 Å². The van der Waals surface area contributed by atoms with Crippen molar-refractivity contribution in [2.75, 3.05) is 0 Å². The third kappa shape index (κ3) is 4.22. The van der Waals surface area contributed by atoms with Gasteiger partial charge in [0.15, 0.2) is 5.78 Å². The highest BCUT2D eigenvalue weighted by Gasteiger charge is 2.58. The number of pyridine rings is 1. The van der Waals surface area contributed by atoms with Gasteiger partial charge in [-0.3, -0.25) is 9.78 Å². The Morgan fingerprint density at radius 1 is 1.19 bits per heavy atom. The number of ketones is 1. The molecule has 2 aliphatic rings. The number of phenols is 1. The lowest BCUT2D eigenvalue weighted by atomic mass is 9.45. The molecule has 172 valence electrons.